The monoisotopic (exact) mass is 423 g/mol. The van der Waals surface area contributed by atoms with E-state index in [2.05, 4.69) is 0 Å². The van der Waals surface area contributed by atoms with E-state index in [-0.39, 0.29) is 22.5 Å². The zero-order valence-electron chi connectivity index (χ0n) is 16.4. The van der Waals surface area contributed by atoms with Crippen LogP contribution in [0.3, 0.4) is 0 Å². The summed E-state index contributed by atoms with van der Waals surface area (Å²) in [6.07, 6.45) is 0.899. The fourth-order valence-electron chi connectivity index (χ4n) is 3.84. The van der Waals surface area contributed by atoms with Crippen molar-refractivity contribution < 1.29 is 28.1 Å². The summed E-state index contributed by atoms with van der Waals surface area (Å²) in [6.45, 7) is 2.87. The van der Waals surface area contributed by atoms with Gasteiger partial charge in [-0.1, -0.05) is 18.2 Å². The quantitative estimate of drug-likeness (QED) is 0.683. The van der Waals surface area contributed by atoms with Gasteiger partial charge in [-0.15, -0.1) is 0 Å². The van der Waals surface area contributed by atoms with Gasteiger partial charge in [0.2, 0.25) is 0 Å². The molecule has 3 N–H and O–H groups in total. The second-order valence-corrected chi connectivity index (χ2v) is 9.74. The van der Waals surface area contributed by atoms with Gasteiger partial charge in [0, 0.05) is 25.4 Å². The molecule has 0 spiro atoms. The molecular weight excluding hydrogens is 397 g/mol. The first-order valence-corrected chi connectivity index (χ1v) is 11.3. The summed E-state index contributed by atoms with van der Waals surface area (Å²) < 4.78 is 36.8. The Kier molecular flexibility index (Phi) is 6.01. The van der Waals surface area contributed by atoms with Crippen LogP contribution in [0.5, 0.6) is 5.75 Å². The molecule has 3 rings (SSSR count). The highest BCUT2D eigenvalue weighted by Gasteiger charge is 2.36. The van der Waals surface area contributed by atoms with Crippen molar-refractivity contribution in [3.05, 3.63) is 59.4 Å². The van der Waals surface area contributed by atoms with Gasteiger partial charge in [0.05, 0.1) is 11.7 Å². The number of rotatable bonds is 5. The van der Waals surface area contributed by atoms with E-state index in [1.54, 1.807) is 12.1 Å². The summed E-state index contributed by atoms with van der Waals surface area (Å²) in [5, 5.41) is 31.5. The fourth-order valence-corrected chi connectivity index (χ4v) is 4.64. The minimum atomic E-state index is -3.62. The lowest BCUT2D eigenvalue weighted by atomic mass is 9.83. The van der Waals surface area contributed by atoms with Gasteiger partial charge in [-0.3, -0.25) is 4.90 Å². The number of nitrogens with zero attached hydrogens (tertiary/aromatic N) is 1. The highest BCUT2D eigenvalue weighted by Crippen LogP contribution is 2.35. The summed E-state index contributed by atoms with van der Waals surface area (Å²) >= 11 is 0. The number of aliphatic hydroxyl groups excluding tert-OH is 1. The van der Waals surface area contributed by atoms with Crippen molar-refractivity contribution in [1.29, 1.82) is 0 Å². The Morgan fingerprint density at radius 1 is 1.10 bits per heavy atom. The SMILES string of the molecule is C[C@H]([C@H](O)c1ccc(O)c(S(C)(=O)=O)c1)N1CCC(O)(c2ccc(F)cc2)CC1. The molecule has 6 nitrogen and oxygen atoms in total. The van der Waals surface area contributed by atoms with E-state index in [0.29, 0.717) is 37.1 Å². The Labute approximate surface area is 170 Å². The Hall–Kier alpha value is -2.00. The van der Waals surface area contributed by atoms with Crippen LogP contribution < -0.4 is 0 Å². The normalized spacial score (nSPS) is 19.6. The van der Waals surface area contributed by atoms with Crippen LogP contribution in [0.4, 0.5) is 4.39 Å². The minimum absolute atomic E-state index is 0.217. The molecule has 29 heavy (non-hydrogen) atoms. The van der Waals surface area contributed by atoms with Gasteiger partial charge in [0.15, 0.2) is 9.84 Å². The lowest BCUT2D eigenvalue weighted by Crippen LogP contribution is -2.47. The summed E-state index contributed by atoms with van der Waals surface area (Å²) in [6, 6.07) is 9.58. The first-order valence-electron chi connectivity index (χ1n) is 9.45. The number of piperidine rings is 1. The summed E-state index contributed by atoms with van der Waals surface area (Å²) in [4.78, 5) is 1.81. The molecule has 2 aromatic carbocycles. The molecule has 1 heterocycles. The van der Waals surface area contributed by atoms with E-state index in [9.17, 15) is 28.1 Å². The third-order valence-electron chi connectivity index (χ3n) is 5.76. The van der Waals surface area contributed by atoms with Gasteiger partial charge >= 0.3 is 0 Å². The van der Waals surface area contributed by atoms with Gasteiger partial charge in [0.1, 0.15) is 16.5 Å². The number of halogens is 1. The molecule has 1 saturated heterocycles. The maximum atomic E-state index is 13.2. The van der Waals surface area contributed by atoms with Crippen molar-refractivity contribution in [3.63, 3.8) is 0 Å². The second kappa shape index (κ2) is 8.02. The molecule has 1 aliphatic heterocycles. The number of aliphatic hydroxyl groups is 2. The lowest BCUT2D eigenvalue weighted by Gasteiger charge is -2.42. The highest BCUT2D eigenvalue weighted by molar-refractivity contribution is 7.90. The number of hydrogen-bond donors (Lipinski definition) is 3. The predicted molar refractivity (Wildman–Crippen MR) is 107 cm³/mol. The molecule has 1 fully saturated rings. The van der Waals surface area contributed by atoms with E-state index in [4.69, 9.17) is 0 Å². The molecule has 0 aromatic heterocycles. The first kappa shape index (κ1) is 21.7. The van der Waals surface area contributed by atoms with Crippen LogP contribution in [-0.2, 0) is 15.4 Å². The Balaban J connectivity index is 1.72. The van der Waals surface area contributed by atoms with Crippen molar-refractivity contribution in [2.24, 2.45) is 0 Å². The number of likely N-dealkylation sites (tertiary alicyclic amines) is 1. The number of benzene rings is 2. The zero-order valence-corrected chi connectivity index (χ0v) is 17.2. The number of phenols is 1. The summed E-state index contributed by atoms with van der Waals surface area (Å²) in [5.74, 6) is -0.702. The van der Waals surface area contributed by atoms with Crippen molar-refractivity contribution in [2.45, 2.75) is 42.4 Å². The van der Waals surface area contributed by atoms with Crippen LogP contribution in [0, 0.1) is 5.82 Å². The Morgan fingerprint density at radius 3 is 2.24 bits per heavy atom. The predicted octanol–water partition coefficient (Wildman–Crippen LogP) is 2.34. The number of aromatic hydroxyl groups is 1. The van der Waals surface area contributed by atoms with E-state index >= 15 is 0 Å². The number of sulfone groups is 1. The first-order chi connectivity index (χ1) is 13.5. The molecule has 8 heteroatoms. The van der Waals surface area contributed by atoms with Gasteiger partial charge in [-0.25, -0.2) is 12.8 Å². The lowest BCUT2D eigenvalue weighted by molar-refractivity contribution is -0.0502. The van der Waals surface area contributed by atoms with Crippen molar-refractivity contribution in [3.8, 4) is 5.75 Å². The summed E-state index contributed by atoms with van der Waals surface area (Å²) in [7, 11) is -3.62. The summed E-state index contributed by atoms with van der Waals surface area (Å²) in [5.41, 5.74) is 0.0230. The molecule has 0 radical (unpaired) electrons. The third kappa shape index (κ3) is 4.61. The van der Waals surface area contributed by atoms with Gasteiger partial charge < -0.3 is 15.3 Å². The topological polar surface area (TPSA) is 98.1 Å². The van der Waals surface area contributed by atoms with Crippen LogP contribution in [0.1, 0.15) is 37.0 Å². The van der Waals surface area contributed by atoms with Crippen LogP contribution in [-0.4, -0.2) is 54.0 Å². The van der Waals surface area contributed by atoms with Crippen LogP contribution in [0.25, 0.3) is 0 Å². The number of phenolic OH excluding ortho intramolecular Hbond substituents is 1. The van der Waals surface area contributed by atoms with E-state index in [0.717, 1.165) is 6.26 Å². The molecule has 0 saturated carbocycles. The minimum Gasteiger partial charge on any atom is -0.507 e. The molecule has 2 aromatic rings. The Morgan fingerprint density at radius 2 is 1.69 bits per heavy atom. The third-order valence-corrected chi connectivity index (χ3v) is 6.89. The van der Waals surface area contributed by atoms with Crippen LogP contribution >= 0.6 is 0 Å². The van der Waals surface area contributed by atoms with E-state index in [1.165, 1.54) is 30.3 Å². The van der Waals surface area contributed by atoms with Crippen molar-refractivity contribution >= 4 is 9.84 Å². The fraction of sp³-hybridized carbons (Fsp3) is 0.429. The molecular formula is C21H26FNO5S. The molecule has 0 aliphatic carbocycles. The maximum Gasteiger partial charge on any atom is 0.179 e. The average molecular weight is 424 g/mol. The van der Waals surface area contributed by atoms with Crippen molar-refractivity contribution in [2.75, 3.05) is 19.3 Å². The molecule has 2 atom stereocenters. The smallest absolute Gasteiger partial charge is 0.179 e. The molecule has 0 unspecified atom stereocenters. The van der Waals surface area contributed by atoms with Gasteiger partial charge in [-0.2, -0.15) is 0 Å². The van der Waals surface area contributed by atoms with Crippen LogP contribution in [0.2, 0.25) is 0 Å². The Bertz CT molecular complexity index is 969. The average Bonchev–Trinajstić information content (AvgIpc) is 2.67. The number of hydrogen-bond acceptors (Lipinski definition) is 6. The highest BCUT2D eigenvalue weighted by atomic mass is 32.2. The standard InChI is InChI=1S/C21H26FNO5S/c1-14(20(25)15-3-8-18(24)19(13-15)29(2,27)28)23-11-9-21(26,10-12-23)16-4-6-17(22)7-5-16/h3-8,13-14,20,24-26H,9-12H2,1-2H3/t14-,20+/m1/s1. The van der Waals surface area contributed by atoms with Crippen LogP contribution in [0.15, 0.2) is 47.4 Å². The molecule has 0 bridgehead atoms. The molecule has 158 valence electrons. The largest absolute Gasteiger partial charge is 0.507 e. The van der Waals surface area contributed by atoms with Gasteiger partial charge in [-0.05, 0) is 55.2 Å². The van der Waals surface area contributed by atoms with E-state index in [1.807, 2.05) is 11.8 Å². The van der Waals surface area contributed by atoms with E-state index < -0.39 is 21.5 Å². The zero-order chi connectivity index (χ0) is 21.4. The second-order valence-electron chi connectivity index (χ2n) is 7.76. The van der Waals surface area contributed by atoms with Crippen molar-refractivity contribution in [1.82, 2.24) is 4.90 Å². The molecule has 0 amide bonds. The maximum absolute atomic E-state index is 13.2. The van der Waals surface area contributed by atoms with Gasteiger partial charge in [0.25, 0.3) is 0 Å². The molecule has 1 aliphatic rings.